The molecule has 1 aliphatic rings. The van der Waals surface area contributed by atoms with Gasteiger partial charge in [-0.05, 0) is 37.8 Å². The van der Waals surface area contributed by atoms with Crippen molar-refractivity contribution in [2.75, 3.05) is 0 Å². The van der Waals surface area contributed by atoms with Crippen LogP contribution in [0.2, 0.25) is 5.02 Å². The Bertz CT molecular complexity index is 370. The van der Waals surface area contributed by atoms with Gasteiger partial charge in [0.15, 0.2) is 6.29 Å². The summed E-state index contributed by atoms with van der Waals surface area (Å²) in [5.74, 6) is 0.547. The van der Waals surface area contributed by atoms with E-state index in [4.69, 9.17) is 16.3 Å². The maximum atomic E-state index is 10.9. The zero-order chi connectivity index (χ0) is 11.4. The Labute approximate surface area is 101 Å². The Morgan fingerprint density at radius 2 is 2.00 bits per heavy atom. The minimum atomic E-state index is 0.215. The van der Waals surface area contributed by atoms with E-state index >= 15 is 0 Å². The molecule has 0 heterocycles. The van der Waals surface area contributed by atoms with E-state index < -0.39 is 0 Å². The summed E-state index contributed by atoms with van der Waals surface area (Å²) in [6.45, 7) is 0. The van der Waals surface area contributed by atoms with E-state index in [0.717, 1.165) is 19.1 Å². The molecule has 0 radical (unpaired) electrons. The molecule has 0 atom stereocenters. The number of aldehydes is 1. The highest BCUT2D eigenvalue weighted by Crippen LogP contribution is 2.31. The second-order valence-corrected chi connectivity index (χ2v) is 4.56. The van der Waals surface area contributed by atoms with Gasteiger partial charge in [-0.3, -0.25) is 4.79 Å². The number of para-hydroxylation sites is 1. The fraction of sp³-hybridized carbons (Fsp3) is 0.462. The highest BCUT2D eigenvalue weighted by atomic mass is 35.5. The molecule has 1 aromatic carbocycles. The fourth-order valence-electron chi connectivity index (χ4n) is 2.09. The minimum Gasteiger partial charge on any atom is -0.488 e. The van der Waals surface area contributed by atoms with Crippen molar-refractivity contribution in [3.8, 4) is 5.75 Å². The molecule has 0 aliphatic heterocycles. The van der Waals surface area contributed by atoms with E-state index in [-0.39, 0.29) is 6.10 Å². The molecule has 0 spiro atoms. The summed E-state index contributed by atoms with van der Waals surface area (Å²) < 4.78 is 5.84. The molecule has 1 saturated carbocycles. The number of benzene rings is 1. The van der Waals surface area contributed by atoms with E-state index in [1.807, 2.05) is 0 Å². The van der Waals surface area contributed by atoms with Crippen LogP contribution >= 0.6 is 11.6 Å². The molecule has 1 aromatic rings. The third kappa shape index (κ3) is 2.56. The standard InChI is InChI=1S/C13H15ClO2/c14-12-8-4-5-10(9-15)13(12)16-11-6-2-1-3-7-11/h4-5,8-9,11H,1-3,6-7H2. The molecule has 16 heavy (non-hydrogen) atoms. The Balaban J connectivity index is 2.15. The number of hydrogen-bond donors (Lipinski definition) is 0. The van der Waals surface area contributed by atoms with E-state index in [2.05, 4.69) is 0 Å². The maximum Gasteiger partial charge on any atom is 0.153 e. The van der Waals surface area contributed by atoms with E-state index in [9.17, 15) is 4.79 Å². The smallest absolute Gasteiger partial charge is 0.153 e. The Kier molecular flexibility index (Phi) is 3.83. The molecule has 0 amide bonds. The summed E-state index contributed by atoms with van der Waals surface area (Å²) in [4.78, 5) is 10.9. The van der Waals surface area contributed by atoms with Crippen molar-refractivity contribution < 1.29 is 9.53 Å². The molecule has 2 nitrogen and oxygen atoms in total. The SMILES string of the molecule is O=Cc1cccc(Cl)c1OC1CCCCC1. The normalized spacial score (nSPS) is 17.1. The van der Waals surface area contributed by atoms with Crippen molar-refractivity contribution in [2.24, 2.45) is 0 Å². The van der Waals surface area contributed by atoms with Gasteiger partial charge in [-0.15, -0.1) is 0 Å². The van der Waals surface area contributed by atoms with Crippen molar-refractivity contribution in [1.29, 1.82) is 0 Å². The Hall–Kier alpha value is -1.02. The summed E-state index contributed by atoms with van der Waals surface area (Å²) in [5, 5.41) is 0.523. The lowest BCUT2D eigenvalue weighted by molar-refractivity contribution is 0.111. The molecule has 1 aliphatic carbocycles. The van der Waals surface area contributed by atoms with Crippen LogP contribution in [0.5, 0.6) is 5.75 Å². The molecule has 0 bridgehead atoms. The van der Waals surface area contributed by atoms with Crippen LogP contribution in [0, 0.1) is 0 Å². The topological polar surface area (TPSA) is 26.3 Å². The summed E-state index contributed by atoms with van der Waals surface area (Å²) in [7, 11) is 0. The Morgan fingerprint density at radius 1 is 1.25 bits per heavy atom. The van der Waals surface area contributed by atoms with Gasteiger partial charge in [-0.1, -0.05) is 24.1 Å². The van der Waals surface area contributed by atoms with Gasteiger partial charge in [-0.25, -0.2) is 0 Å². The van der Waals surface area contributed by atoms with Crippen molar-refractivity contribution in [3.05, 3.63) is 28.8 Å². The number of halogens is 1. The zero-order valence-corrected chi connectivity index (χ0v) is 9.87. The van der Waals surface area contributed by atoms with E-state index in [1.54, 1.807) is 18.2 Å². The third-order valence-corrected chi connectivity index (χ3v) is 3.26. The van der Waals surface area contributed by atoms with Crippen molar-refractivity contribution in [3.63, 3.8) is 0 Å². The summed E-state index contributed by atoms with van der Waals surface area (Å²) >= 11 is 6.04. The predicted octanol–water partition coefficient (Wildman–Crippen LogP) is 3.86. The molecule has 0 aromatic heterocycles. The highest BCUT2D eigenvalue weighted by molar-refractivity contribution is 6.32. The first kappa shape index (κ1) is 11.5. The molecule has 2 rings (SSSR count). The lowest BCUT2D eigenvalue weighted by atomic mass is 9.98. The van der Waals surface area contributed by atoms with Gasteiger partial charge >= 0.3 is 0 Å². The van der Waals surface area contributed by atoms with Crippen LogP contribution in [0.3, 0.4) is 0 Å². The van der Waals surface area contributed by atoms with Crippen molar-refractivity contribution in [1.82, 2.24) is 0 Å². The average molecular weight is 239 g/mol. The van der Waals surface area contributed by atoms with Gasteiger partial charge in [0.25, 0.3) is 0 Å². The predicted molar refractivity (Wildman–Crippen MR) is 64.3 cm³/mol. The molecular formula is C13H15ClO2. The molecule has 0 N–H and O–H groups in total. The minimum absolute atomic E-state index is 0.215. The van der Waals surface area contributed by atoms with Crippen LogP contribution in [-0.4, -0.2) is 12.4 Å². The zero-order valence-electron chi connectivity index (χ0n) is 9.12. The van der Waals surface area contributed by atoms with Crippen LogP contribution in [-0.2, 0) is 0 Å². The number of rotatable bonds is 3. The van der Waals surface area contributed by atoms with Crippen LogP contribution in [0.1, 0.15) is 42.5 Å². The Morgan fingerprint density at radius 3 is 2.69 bits per heavy atom. The molecular weight excluding hydrogens is 224 g/mol. The van der Waals surface area contributed by atoms with E-state index in [1.165, 1.54) is 19.3 Å². The van der Waals surface area contributed by atoms with E-state index in [0.29, 0.717) is 16.3 Å². The van der Waals surface area contributed by atoms with Crippen molar-refractivity contribution >= 4 is 17.9 Å². The first-order valence-electron chi connectivity index (χ1n) is 5.71. The van der Waals surface area contributed by atoms with Gasteiger partial charge in [0.2, 0.25) is 0 Å². The summed E-state index contributed by atoms with van der Waals surface area (Å²) in [6, 6.07) is 5.25. The number of carbonyl (C=O) groups excluding carboxylic acids is 1. The molecule has 1 fully saturated rings. The molecule has 0 saturated heterocycles. The molecule has 3 heteroatoms. The second-order valence-electron chi connectivity index (χ2n) is 4.15. The molecule has 0 unspecified atom stereocenters. The lowest BCUT2D eigenvalue weighted by Gasteiger charge is -2.24. The summed E-state index contributed by atoms with van der Waals surface area (Å²) in [6.07, 6.45) is 6.81. The largest absolute Gasteiger partial charge is 0.488 e. The average Bonchev–Trinajstić information content (AvgIpc) is 2.33. The first-order valence-corrected chi connectivity index (χ1v) is 6.09. The maximum absolute atomic E-state index is 10.9. The quantitative estimate of drug-likeness (QED) is 0.748. The highest BCUT2D eigenvalue weighted by Gasteiger charge is 2.17. The number of carbonyl (C=O) groups is 1. The molecule has 86 valence electrons. The van der Waals surface area contributed by atoms with Gasteiger partial charge < -0.3 is 4.74 Å². The van der Waals surface area contributed by atoms with Crippen LogP contribution in [0.4, 0.5) is 0 Å². The van der Waals surface area contributed by atoms with Crippen LogP contribution in [0.25, 0.3) is 0 Å². The lowest BCUT2D eigenvalue weighted by Crippen LogP contribution is -2.20. The third-order valence-electron chi connectivity index (χ3n) is 2.96. The second kappa shape index (κ2) is 5.35. The summed E-state index contributed by atoms with van der Waals surface area (Å²) in [5.41, 5.74) is 0.540. The van der Waals surface area contributed by atoms with Crippen LogP contribution in [0.15, 0.2) is 18.2 Å². The van der Waals surface area contributed by atoms with Gasteiger partial charge in [0, 0.05) is 0 Å². The monoisotopic (exact) mass is 238 g/mol. The number of ether oxygens (including phenoxy) is 1. The van der Waals surface area contributed by atoms with Gasteiger partial charge in [0.1, 0.15) is 5.75 Å². The first-order chi connectivity index (χ1) is 7.81. The van der Waals surface area contributed by atoms with Crippen LogP contribution < -0.4 is 4.74 Å². The van der Waals surface area contributed by atoms with Gasteiger partial charge in [0.05, 0.1) is 16.7 Å². The van der Waals surface area contributed by atoms with Gasteiger partial charge in [-0.2, -0.15) is 0 Å². The van der Waals surface area contributed by atoms with Crippen molar-refractivity contribution in [2.45, 2.75) is 38.2 Å². The number of hydrogen-bond acceptors (Lipinski definition) is 2. The fourth-order valence-corrected chi connectivity index (χ4v) is 2.32.